The molecule has 0 radical (unpaired) electrons. The molecule has 1 aromatic heterocycles. The van der Waals surface area contributed by atoms with Crippen molar-refractivity contribution in [2.24, 2.45) is 4.99 Å². The molecule has 0 spiro atoms. The molecule has 1 heterocycles. The van der Waals surface area contributed by atoms with Gasteiger partial charge in [0, 0.05) is 14.1 Å². The fraction of sp³-hybridized carbons (Fsp3) is 0.182. The third kappa shape index (κ3) is 5.33. The number of esters is 1. The van der Waals surface area contributed by atoms with Crippen molar-refractivity contribution in [3.8, 4) is 17.1 Å². The third-order valence-electron chi connectivity index (χ3n) is 4.14. The third-order valence-corrected chi connectivity index (χ3v) is 4.79. The minimum absolute atomic E-state index is 0.00870. The van der Waals surface area contributed by atoms with E-state index in [1.165, 1.54) is 25.6 Å². The maximum atomic E-state index is 15.0. The van der Waals surface area contributed by atoms with E-state index in [-0.39, 0.29) is 45.3 Å². The molecule has 0 bridgehead atoms. The number of carbonyl (C=O) groups excluding carboxylic acids is 1. The largest absolute Gasteiger partial charge is 0.492 e. The number of aliphatic imine (C=N–C) groups is 1. The van der Waals surface area contributed by atoms with Crippen molar-refractivity contribution in [1.29, 1.82) is 0 Å². The summed E-state index contributed by atoms with van der Waals surface area (Å²) in [6.07, 6.45) is 1.44. The molecule has 32 heavy (non-hydrogen) atoms. The molecule has 166 valence electrons. The molecule has 0 saturated carbocycles. The molecule has 0 amide bonds. The molecule has 0 aliphatic carbocycles. The van der Waals surface area contributed by atoms with Gasteiger partial charge in [0.2, 0.25) is 0 Å². The zero-order valence-corrected chi connectivity index (χ0v) is 19.0. The van der Waals surface area contributed by atoms with Crippen LogP contribution in [0.3, 0.4) is 0 Å². The summed E-state index contributed by atoms with van der Waals surface area (Å²) in [5.41, 5.74) is 0.499. The first kappa shape index (κ1) is 23.4. The normalized spacial score (nSPS) is 10.9. The van der Waals surface area contributed by atoms with Gasteiger partial charge < -0.3 is 14.4 Å². The minimum Gasteiger partial charge on any atom is -0.492 e. The van der Waals surface area contributed by atoms with Crippen LogP contribution in [0.15, 0.2) is 47.5 Å². The van der Waals surface area contributed by atoms with Gasteiger partial charge in [-0.25, -0.2) is 24.1 Å². The maximum absolute atomic E-state index is 15.0. The highest BCUT2D eigenvalue weighted by molar-refractivity contribution is 6.35. The van der Waals surface area contributed by atoms with Crippen LogP contribution in [-0.4, -0.2) is 48.4 Å². The van der Waals surface area contributed by atoms with Gasteiger partial charge in [0.1, 0.15) is 11.6 Å². The number of benzene rings is 2. The van der Waals surface area contributed by atoms with Crippen LogP contribution in [-0.2, 0) is 11.3 Å². The van der Waals surface area contributed by atoms with Crippen molar-refractivity contribution < 1.29 is 18.7 Å². The van der Waals surface area contributed by atoms with Gasteiger partial charge in [-0.3, -0.25) is 0 Å². The summed E-state index contributed by atoms with van der Waals surface area (Å²) in [4.78, 5) is 27.0. The van der Waals surface area contributed by atoms with Gasteiger partial charge in [-0.05, 0) is 17.7 Å². The van der Waals surface area contributed by atoms with E-state index in [2.05, 4.69) is 15.0 Å². The molecule has 2 aromatic carbocycles. The molecule has 0 atom stereocenters. The van der Waals surface area contributed by atoms with Crippen molar-refractivity contribution in [2.45, 2.75) is 6.61 Å². The number of nitrogens with zero attached hydrogens (tertiary/aromatic N) is 4. The highest BCUT2D eigenvalue weighted by Gasteiger charge is 2.24. The second-order valence-corrected chi connectivity index (χ2v) is 7.53. The summed E-state index contributed by atoms with van der Waals surface area (Å²) in [5.74, 6) is -1.90. The highest BCUT2D eigenvalue weighted by atomic mass is 35.5. The maximum Gasteiger partial charge on any atom is 0.359 e. The van der Waals surface area contributed by atoms with Crippen LogP contribution in [0.2, 0.25) is 10.0 Å². The number of carbonyl (C=O) groups is 1. The van der Waals surface area contributed by atoms with Gasteiger partial charge in [-0.1, -0.05) is 53.5 Å². The quantitative estimate of drug-likeness (QED) is 0.265. The zero-order valence-electron chi connectivity index (χ0n) is 17.5. The molecular formula is C22H19Cl2FN4O3. The predicted octanol–water partition coefficient (Wildman–Crippen LogP) is 5.18. The van der Waals surface area contributed by atoms with Gasteiger partial charge in [0.15, 0.2) is 28.9 Å². The molecule has 0 unspecified atom stereocenters. The minimum atomic E-state index is -0.801. The van der Waals surface area contributed by atoms with E-state index in [9.17, 15) is 9.18 Å². The van der Waals surface area contributed by atoms with Gasteiger partial charge in [0.25, 0.3) is 0 Å². The Balaban J connectivity index is 2.07. The fourth-order valence-corrected chi connectivity index (χ4v) is 3.06. The van der Waals surface area contributed by atoms with Crippen LogP contribution in [0.1, 0.15) is 16.1 Å². The van der Waals surface area contributed by atoms with Crippen LogP contribution in [0, 0.1) is 5.82 Å². The Morgan fingerprint density at radius 2 is 1.88 bits per heavy atom. The predicted molar refractivity (Wildman–Crippen MR) is 121 cm³/mol. The lowest BCUT2D eigenvalue weighted by atomic mass is 10.1. The molecule has 0 saturated heterocycles. The Morgan fingerprint density at radius 3 is 2.53 bits per heavy atom. The van der Waals surface area contributed by atoms with E-state index in [4.69, 9.17) is 32.7 Å². The first-order valence-corrected chi connectivity index (χ1v) is 10.1. The van der Waals surface area contributed by atoms with Gasteiger partial charge in [-0.15, -0.1) is 0 Å². The molecular weight excluding hydrogens is 458 g/mol. The average molecular weight is 477 g/mol. The molecule has 10 heteroatoms. The summed E-state index contributed by atoms with van der Waals surface area (Å²) in [6, 6.07) is 11.9. The van der Waals surface area contributed by atoms with Crippen molar-refractivity contribution in [3.05, 3.63) is 69.6 Å². The van der Waals surface area contributed by atoms with E-state index in [0.29, 0.717) is 0 Å². The van der Waals surface area contributed by atoms with Crippen molar-refractivity contribution in [1.82, 2.24) is 14.9 Å². The highest BCUT2D eigenvalue weighted by Crippen LogP contribution is 2.36. The van der Waals surface area contributed by atoms with Crippen molar-refractivity contribution >= 4 is 41.3 Å². The topological polar surface area (TPSA) is 76.9 Å². The average Bonchev–Trinajstić information content (AvgIpc) is 2.78. The zero-order chi connectivity index (χ0) is 23.3. The van der Waals surface area contributed by atoms with Crippen LogP contribution < -0.4 is 4.74 Å². The van der Waals surface area contributed by atoms with E-state index < -0.39 is 11.8 Å². The van der Waals surface area contributed by atoms with Gasteiger partial charge in [0.05, 0.1) is 24.0 Å². The van der Waals surface area contributed by atoms with E-state index in [1.807, 2.05) is 30.3 Å². The number of aromatic nitrogens is 2. The monoisotopic (exact) mass is 476 g/mol. The lowest BCUT2D eigenvalue weighted by Crippen LogP contribution is -2.11. The second kappa shape index (κ2) is 10.4. The summed E-state index contributed by atoms with van der Waals surface area (Å²) < 4.78 is 25.3. The second-order valence-electron chi connectivity index (χ2n) is 6.75. The van der Waals surface area contributed by atoms with E-state index >= 15 is 0 Å². The molecule has 3 aromatic rings. The van der Waals surface area contributed by atoms with E-state index in [1.54, 1.807) is 19.0 Å². The Bertz CT molecular complexity index is 1160. The van der Waals surface area contributed by atoms with Crippen LogP contribution in [0.25, 0.3) is 11.4 Å². The molecule has 0 aliphatic rings. The first-order valence-electron chi connectivity index (χ1n) is 9.33. The number of hydrogen-bond donors (Lipinski definition) is 0. The first-order chi connectivity index (χ1) is 15.3. The molecule has 7 nitrogen and oxygen atoms in total. The summed E-state index contributed by atoms with van der Waals surface area (Å²) in [6.45, 7) is 0.00870. The fourth-order valence-electron chi connectivity index (χ4n) is 2.63. The Hall–Kier alpha value is -3.23. The Kier molecular flexibility index (Phi) is 7.61. The van der Waals surface area contributed by atoms with Crippen LogP contribution in [0.5, 0.6) is 5.75 Å². The Labute approximate surface area is 194 Å². The number of hydrogen-bond acceptors (Lipinski definition) is 6. The Morgan fingerprint density at radius 1 is 1.16 bits per heavy atom. The van der Waals surface area contributed by atoms with Crippen molar-refractivity contribution in [3.63, 3.8) is 0 Å². The van der Waals surface area contributed by atoms with Crippen molar-refractivity contribution in [2.75, 3.05) is 21.2 Å². The van der Waals surface area contributed by atoms with Gasteiger partial charge >= 0.3 is 5.97 Å². The number of ether oxygens (including phenoxy) is 2. The molecule has 3 rings (SSSR count). The SMILES string of the molecule is COc1c(Cl)ccc(-c2nc(N=CN(C)C)c(Cl)c(C(=O)OCc3ccccc3)n2)c1F. The van der Waals surface area contributed by atoms with Crippen LogP contribution >= 0.6 is 23.2 Å². The smallest absolute Gasteiger partial charge is 0.359 e. The molecule has 0 N–H and O–H groups in total. The summed E-state index contributed by atoms with van der Waals surface area (Å²) >= 11 is 12.3. The number of rotatable bonds is 7. The summed E-state index contributed by atoms with van der Waals surface area (Å²) in [7, 11) is 4.78. The van der Waals surface area contributed by atoms with Gasteiger partial charge in [-0.2, -0.15) is 0 Å². The number of halogens is 3. The van der Waals surface area contributed by atoms with Crippen LogP contribution in [0.4, 0.5) is 10.2 Å². The summed E-state index contributed by atoms with van der Waals surface area (Å²) in [5, 5.41) is -0.0395. The molecule has 0 aliphatic heterocycles. The number of methoxy groups -OCH3 is 1. The molecule has 0 fully saturated rings. The van der Waals surface area contributed by atoms with E-state index in [0.717, 1.165) is 5.56 Å². The lowest BCUT2D eigenvalue weighted by molar-refractivity contribution is 0.0466. The lowest BCUT2D eigenvalue weighted by Gasteiger charge is -2.12. The standard InChI is InChI=1S/C22H19Cl2FN4O3/c1-29(2)12-26-21-16(24)18(22(30)32-11-13-7-5-4-6-8-13)27-20(28-21)14-9-10-15(23)19(31-3)17(14)25/h4-10,12H,11H2,1-3H3.